The molecule has 7 rings (SSSR count). The predicted molar refractivity (Wildman–Crippen MR) is 165 cm³/mol. The Morgan fingerprint density at radius 2 is 1.84 bits per heavy atom. The molecule has 1 aromatic carbocycles. The van der Waals surface area contributed by atoms with Gasteiger partial charge in [0, 0.05) is 67.9 Å². The van der Waals surface area contributed by atoms with Crippen molar-refractivity contribution in [1.29, 1.82) is 0 Å². The first kappa shape index (κ1) is 28.8. The van der Waals surface area contributed by atoms with Crippen molar-refractivity contribution >= 4 is 28.9 Å². The highest BCUT2D eigenvalue weighted by Crippen LogP contribution is 2.39. The minimum atomic E-state index is -0.630. The molecule has 3 fully saturated rings. The highest BCUT2D eigenvalue weighted by molar-refractivity contribution is 5.86. The maximum absolute atomic E-state index is 14.0. The minimum absolute atomic E-state index is 0.00528. The van der Waals surface area contributed by atoms with Gasteiger partial charge in [-0.15, -0.1) is 0 Å². The number of carbonyl (C=O) groups is 3. The van der Waals surface area contributed by atoms with Crippen LogP contribution in [0.3, 0.4) is 0 Å². The Kier molecular flexibility index (Phi) is 7.15. The number of pyridine rings is 1. The Labute approximate surface area is 257 Å². The summed E-state index contributed by atoms with van der Waals surface area (Å²) in [6.07, 6.45) is 6.90. The predicted octanol–water partition coefficient (Wildman–Crippen LogP) is 5.52. The van der Waals surface area contributed by atoms with Crippen molar-refractivity contribution in [2.45, 2.75) is 90.1 Å². The lowest BCUT2D eigenvalue weighted by atomic mass is 9.87. The van der Waals surface area contributed by atoms with Crippen molar-refractivity contribution in [2.24, 2.45) is 0 Å². The zero-order valence-corrected chi connectivity index (χ0v) is 26.0. The Bertz CT molecular complexity index is 1620. The van der Waals surface area contributed by atoms with Gasteiger partial charge in [-0.2, -0.15) is 0 Å². The summed E-state index contributed by atoms with van der Waals surface area (Å²) in [4.78, 5) is 53.3. The number of morpholine rings is 1. The SMILES string of the molecule is Cc1c[nH]c2ncc(-c3cc4c(c([C@@H]5COCCN5C(=O)OC(C)(C)C)c3)CN(C(=O)N3C5CCC3CC(=O)C5)CC4)cc12. The third kappa shape index (κ3) is 5.23. The number of aryl methyl sites for hydroxylation is 1. The number of fused-ring (bicyclic) bond motifs is 4. The van der Waals surface area contributed by atoms with E-state index in [0.717, 1.165) is 51.7 Å². The lowest BCUT2D eigenvalue weighted by molar-refractivity contribution is -0.122. The Morgan fingerprint density at radius 1 is 1.07 bits per heavy atom. The average Bonchev–Trinajstić information content (AvgIpc) is 3.50. The second kappa shape index (κ2) is 10.9. The minimum Gasteiger partial charge on any atom is -0.444 e. The quantitative estimate of drug-likeness (QED) is 0.416. The molecule has 44 heavy (non-hydrogen) atoms. The number of carbonyl (C=O) groups excluding carboxylic acids is 3. The molecule has 2 unspecified atom stereocenters. The fourth-order valence-corrected chi connectivity index (χ4v) is 7.46. The van der Waals surface area contributed by atoms with Crippen LogP contribution in [0.25, 0.3) is 22.2 Å². The van der Waals surface area contributed by atoms with E-state index in [1.54, 1.807) is 4.90 Å². The van der Waals surface area contributed by atoms with Gasteiger partial charge in [-0.05, 0) is 86.9 Å². The summed E-state index contributed by atoms with van der Waals surface area (Å²) in [5.41, 5.74) is 6.57. The van der Waals surface area contributed by atoms with E-state index in [-0.39, 0.29) is 36.0 Å². The maximum Gasteiger partial charge on any atom is 0.410 e. The number of amides is 3. The van der Waals surface area contributed by atoms with Crippen LogP contribution in [0.1, 0.15) is 74.8 Å². The molecule has 1 N–H and O–H groups in total. The molecular weight excluding hydrogens is 558 g/mol. The maximum atomic E-state index is 14.0. The van der Waals surface area contributed by atoms with Gasteiger partial charge in [0.2, 0.25) is 0 Å². The van der Waals surface area contributed by atoms with E-state index in [1.807, 2.05) is 43.0 Å². The third-order valence-corrected chi connectivity index (χ3v) is 9.60. The number of hydrogen-bond donors (Lipinski definition) is 1. The molecular formula is C34H41N5O5. The average molecular weight is 600 g/mol. The Morgan fingerprint density at radius 3 is 2.59 bits per heavy atom. The molecule has 0 radical (unpaired) electrons. The second-order valence-corrected chi connectivity index (χ2v) is 13.8. The summed E-state index contributed by atoms with van der Waals surface area (Å²) >= 11 is 0. The number of hydrogen-bond acceptors (Lipinski definition) is 6. The lowest BCUT2D eigenvalue weighted by Gasteiger charge is -2.42. The number of H-pyrrole nitrogens is 1. The van der Waals surface area contributed by atoms with E-state index >= 15 is 0 Å². The van der Waals surface area contributed by atoms with Gasteiger partial charge in [0.15, 0.2) is 0 Å². The Hall–Kier alpha value is -3.92. The highest BCUT2D eigenvalue weighted by atomic mass is 16.6. The summed E-state index contributed by atoms with van der Waals surface area (Å²) in [5, 5.41) is 1.07. The van der Waals surface area contributed by atoms with E-state index < -0.39 is 5.60 Å². The van der Waals surface area contributed by atoms with E-state index in [1.165, 1.54) is 5.56 Å². The summed E-state index contributed by atoms with van der Waals surface area (Å²) in [6, 6.07) is 6.20. The second-order valence-electron chi connectivity index (χ2n) is 13.8. The molecule has 10 nitrogen and oxygen atoms in total. The van der Waals surface area contributed by atoms with Crippen molar-refractivity contribution in [3.63, 3.8) is 0 Å². The number of nitrogens with zero attached hydrogens (tertiary/aromatic N) is 4. The van der Waals surface area contributed by atoms with Crippen LogP contribution in [0, 0.1) is 6.92 Å². The number of benzene rings is 1. The fraction of sp³-hybridized carbons (Fsp3) is 0.529. The number of aromatic amines is 1. The van der Waals surface area contributed by atoms with Crippen LogP contribution < -0.4 is 0 Å². The smallest absolute Gasteiger partial charge is 0.410 e. The van der Waals surface area contributed by atoms with Crippen molar-refractivity contribution < 1.29 is 23.9 Å². The molecule has 3 aromatic rings. The van der Waals surface area contributed by atoms with Crippen LogP contribution in [0.15, 0.2) is 30.6 Å². The van der Waals surface area contributed by atoms with Gasteiger partial charge in [-0.1, -0.05) is 6.07 Å². The van der Waals surface area contributed by atoms with Crippen LogP contribution in [0.2, 0.25) is 0 Å². The van der Waals surface area contributed by atoms with Crippen LogP contribution in [0.4, 0.5) is 9.59 Å². The van der Waals surface area contributed by atoms with E-state index in [2.05, 4.69) is 35.1 Å². The summed E-state index contributed by atoms with van der Waals surface area (Å²) < 4.78 is 11.8. The van der Waals surface area contributed by atoms with E-state index in [9.17, 15) is 14.4 Å². The highest BCUT2D eigenvalue weighted by Gasteiger charge is 2.45. The zero-order chi connectivity index (χ0) is 30.7. The standard InChI is InChI=1S/C34H41N5O5/c1-20-16-35-31-27(20)13-23(17-36-31)22-11-21-7-8-37(32(41)39-24-5-6-25(39)15-26(40)14-24)18-29(21)28(12-22)30-19-43-10-9-38(30)33(42)44-34(2,3)4/h11-13,16-17,24-25,30H,5-10,14-15,18-19H2,1-4H3,(H,35,36)/t24?,25?,30-/m0/s1. The molecule has 0 aliphatic carbocycles. The van der Waals surface area contributed by atoms with Gasteiger partial charge in [0.05, 0.1) is 19.3 Å². The number of nitrogens with one attached hydrogen (secondary N) is 1. The molecule has 0 spiro atoms. The monoisotopic (exact) mass is 599 g/mol. The van der Waals surface area contributed by atoms with Crippen molar-refractivity contribution in [3.8, 4) is 11.1 Å². The molecule has 2 aromatic heterocycles. The molecule has 4 aliphatic heterocycles. The van der Waals surface area contributed by atoms with E-state index in [4.69, 9.17) is 9.47 Å². The van der Waals surface area contributed by atoms with Crippen molar-refractivity contribution in [3.05, 3.63) is 52.8 Å². The van der Waals surface area contributed by atoms with Gasteiger partial charge in [-0.25, -0.2) is 14.6 Å². The van der Waals surface area contributed by atoms with Gasteiger partial charge < -0.3 is 24.3 Å². The molecule has 4 aliphatic rings. The number of urea groups is 1. The van der Waals surface area contributed by atoms with Gasteiger partial charge in [-0.3, -0.25) is 9.69 Å². The number of piperidine rings is 1. The number of ketones is 1. The van der Waals surface area contributed by atoms with E-state index in [0.29, 0.717) is 52.1 Å². The summed E-state index contributed by atoms with van der Waals surface area (Å²) in [6.45, 7) is 9.93. The molecule has 3 saturated heterocycles. The third-order valence-electron chi connectivity index (χ3n) is 9.60. The van der Waals surface area contributed by atoms with Crippen LogP contribution in [-0.4, -0.2) is 86.6 Å². The summed E-state index contributed by atoms with van der Waals surface area (Å²) in [5.74, 6) is 0.266. The lowest BCUT2D eigenvalue weighted by Crippen LogP contribution is -2.53. The first-order valence-electron chi connectivity index (χ1n) is 15.8. The van der Waals surface area contributed by atoms with Crippen LogP contribution in [-0.2, 0) is 27.2 Å². The number of rotatable bonds is 2. The fourth-order valence-electron chi connectivity index (χ4n) is 7.46. The van der Waals surface area contributed by atoms with Gasteiger partial charge in [0.1, 0.15) is 17.0 Å². The Balaban J connectivity index is 1.28. The largest absolute Gasteiger partial charge is 0.444 e. The number of aromatic nitrogens is 2. The molecule has 232 valence electrons. The molecule has 6 heterocycles. The molecule has 3 atom stereocenters. The molecule has 10 heteroatoms. The number of ether oxygens (including phenoxy) is 2. The van der Waals surface area contributed by atoms with Crippen LogP contribution in [0.5, 0.6) is 0 Å². The molecule has 0 saturated carbocycles. The number of Topliss-reactive ketones (excluding diaryl/α,β-unsaturated/α-hetero) is 1. The van der Waals surface area contributed by atoms with Crippen LogP contribution >= 0.6 is 0 Å². The molecule has 2 bridgehead atoms. The van der Waals surface area contributed by atoms with Gasteiger partial charge in [0.25, 0.3) is 0 Å². The zero-order valence-electron chi connectivity index (χ0n) is 26.0. The topological polar surface area (TPSA) is 108 Å². The van der Waals surface area contributed by atoms with Gasteiger partial charge >= 0.3 is 12.1 Å². The van der Waals surface area contributed by atoms with Crippen molar-refractivity contribution in [2.75, 3.05) is 26.3 Å². The van der Waals surface area contributed by atoms with Crippen molar-refractivity contribution in [1.82, 2.24) is 24.7 Å². The normalized spacial score (nSPS) is 23.7. The first-order valence-corrected chi connectivity index (χ1v) is 15.8. The molecule has 3 amide bonds. The first-order chi connectivity index (χ1) is 21.1. The summed E-state index contributed by atoms with van der Waals surface area (Å²) in [7, 11) is 0.